The van der Waals surface area contributed by atoms with E-state index in [2.05, 4.69) is 20.2 Å². The molecule has 1 aliphatic heterocycles. The van der Waals surface area contributed by atoms with Gasteiger partial charge in [-0.05, 0) is 61.7 Å². The van der Waals surface area contributed by atoms with Crippen LogP contribution in [0.15, 0.2) is 48.2 Å². The van der Waals surface area contributed by atoms with Gasteiger partial charge in [-0.15, -0.1) is 0 Å². The summed E-state index contributed by atoms with van der Waals surface area (Å²) in [6.07, 6.45) is 8.66. The van der Waals surface area contributed by atoms with Crippen molar-refractivity contribution in [3.8, 4) is 5.88 Å². The first-order valence-electron chi connectivity index (χ1n) is 11.0. The minimum atomic E-state index is -0.648. The van der Waals surface area contributed by atoms with E-state index in [1.807, 2.05) is 18.2 Å². The smallest absolute Gasteiger partial charge is 0.213 e. The van der Waals surface area contributed by atoms with Gasteiger partial charge in [0.05, 0.1) is 35.7 Å². The SMILES string of the molecule is COc1ccc2nccc(C(O)CN3CCCC(CNCC4=CC(=N)C(=N)C=C4)C3)c2n1. The zero-order valence-electron chi connectivity index (χ0n) is 18.3. The number of pyridine rings is 2. The summed E-state index contributed by atoms with van der Waals surface area (Å²) in [5.74, 6) is 1.02. The van der Waals surface area contributed by atoms with E-state index in [1.54, 1.807) is 31.5 Å². The number of piperidine rings is 1. The summed E-state index contributed by atoms with van der Waals surface area (Å²) < 4.78 is 5.25. The average molecular weight is 435 g/mol. The number of β-amino-alcohol motifs (C(OH)–C–C–N with tert-alkyl or cyclic N) is 1. The van der Waals surface area contributed by atoms with E-state index in [0.29, 0.717) is 30.4 Å². The molecule has 4 N–H and O–H groups in total. The molecule has 0 saturated carbocycles. The van der Waals surface area contributed by atoms with Gasteiger partial charge in [-0.3, -0.25) is 15.8 Å². The number of nitrogens with one attached hydrogen (secondary N) is 3. The molecular formula is C24H30N6O2. The molecule has 0 aromatic carbocycles. The molecule has 3 heterocycles. The Morgan fingerprint density at radius 3 is 2.94 bits per heavy atom. The molecule has 8 heteroatoms. The normalized spacial score (nSPS) is 20.4. The summed E-state index contributed by atoms with van der Waals surface area (Å²) in [4.78, 5) is 11.2. The van der Waals surface area contributed by atoms with Crippen molar-refractivity contribution in [3.05, 3.63) is 53.8 Å². The van der Waals surface area contributed by atoms with E-state index in [0.717, 1.165) is 49.1 Å². The molecular weight excluding hydrogens is 404 g/mol. The van der Waals surface area contributed by atoms with Crippen molar-refractivity contribution in [3.63, 3.8) is 0 Å². The minimum absolute atomic E-state index is 0.255. The summed E-state index contributed by atoms with van der Waals surface area (Å²) in [5.41, 5.74) is 3.75. The van der Waals surface area contributed by atoms with E-state index in [4.69, 9.17) is 15.6 Å². The number of fused-ring (bicyclic) bond motifs is 1. The number of aromatic nitrogens is 2. The fourth-order valence-electron chi connectivity index (χ4n) is 4.36. The van der Waals surface area contributed by atoms with Crippen LogP contribution in [0.1, 0.15) is 24.5 Å². The highest BCUT2D eigenvalue weighted by atomic mass is 16.5. The van der Waals surface area contributed by atoms with Crippen LogP contribution < -0.4 is 10.1 Å². The summed E-state index contributed by atoms with van der Waals surface area (Å²) in [6.45, 7) is 4.04. The molecule has 0 radical (unpaired) electrons. The van der Waals surface area contributed by atoms with Crippen molar-refractivity contribution in [1.82, 2.24) is 20.2 Å². The molecule has 2 aromatic rings. The molecule has 168 valence electrons. The number of allylic oxidation sites excluding steroid dienone is 2. The van der Waals surface area contributed by atoms with Crippen LogP contribution in [0.4, 0.5) is 0 Å². The lowest BCUT2D eigenvalue weighted by Gasteiger charge is -2.34. The maximum atomic E-state index is 11.0. The first kappa shape index (κ1) is 22.3. The third-order valence-electron chi connectivity index (χ3n) is 6.04. The number of hydrogen-bond donors (Lipinski definition) is 4. The van der Waals surface area contributed by atoms with Crippen LogP contribution in [0.2, 0.25) is 0 Å². The zero-order chi connectivity index (χ0) is 22.5. The number of hydrogen-bond acceptors (Lipinski definition) is 8. The van der Waals surface area contributed by atoms with Crippen LogP contribution in [-0.4, -0.2) is 71.2 Å². The molecule has 32 heavy (non-hydrogen) atoms. The van der Waals surface area contributed by atoms with Gasteiger partial charge in [-0.1, -0.05) is 6.08 Å². The molecule has 1 saturated heterocycles. The van der Waals surface area contributed by atoms with Gasteiger partial charge < -0.3 is 20.1 Å². The number of ether oxygens (including phenoxy) is 1. The molecule has 2 aromatic heterocycles. The van der Waals surface area contributed by atoms with Gasteiger partial charge in [0.15, 0.2) is 0 Å². The van der Waals surface area contributed by atoms with Crippen molar-refractivity contribution in [2.45, 2.75) is 18.9 Å². The van der Waals surface area contributed by atoms with Crippen molar-refractivity contribution in [2.24, 2.45) is 5.92 Å². The number of rotatable bonds is 8. The second kappa shape index (κ2) is 10.1. The van der Waals surface area contributed by atoms with Crippen LogP contribution in [-0.2, 0) is 0 Å². The van der Waals surface area contributed by atoms with Gasteiger partial charge in [0.2, 0.25) is 5.88 Å². The first-order chi connectivity index (χ1) is 15.5. The summed E-state index contributed by atoms with van der Waals surface area (Å²) in [5, 5.41) is 29.9. The molecule has 2 unspecified atom stereocenters. The van der Waals surface area contributed by atoms with Crippen LogP contribution in [0, 0.1) is 16.7 Å². The average Bonchev–Trinajstić information content (AvgIpc) is 2.81. The Balaban J connectivity index is 1.33. The molecule has 0 amide bonds. The molecule has 1 aliphatic carbocycles. The largest absolute Gasteiger partial charge is 0.481 e. The molecule has 8 nitrogen and oxygen atoms in total. The molecule has 0 bridgehead atoms. The topological polar surface area (TPSA) is 118 Å². The van der Waals surface area contributed by atoms with Crippen LogP contribution >= 0.6 is 0 Å². The molecule has 4 rings (SSSR count). The third kappa shape index (κ3) is 5.27. The Bertz CT molecular complexity index is 1060. The highest BCUT2D eigenvalue weighted by Gasteiger charge is 2.23. The number of methoxy groups -OCH3 is 1. The third-order valence-corrected chi connectivity index (χ3v) is 6.04. The second-order valence-corrected chi connectivity index (χ2v) is 8.42. The Kier molecular flexibility index (Phi) is 7.04. The van der Waals surface area contributed by atoms with Crippen molar-refractivity contribution >= 4 is 22.5 Å². The highest BCUT2D eigenvalue weighted by Crippen LogP contribution is 2.26. The first-order valence-corrected chi connectivity index (χ1v) is 11.0. The van der Waals surface area contributed by atoms with Gasteiger partial charge in [0.1, 0.15) is 0 Å². The van der Waals surface area contributed by atoms with Gasteiger partial charge >= 0.3 is 0 Å². The zero-order valence-corrected chi connectivity index (χ0v) is 18.3. The quantitative estimate of drug-likeness (QED) is 0.474. The maximum absolute atomic E-state index is 11.0. The second-order valence-electron chi connectivity index (χ2n) is 8.42. The summed E-state index contributed by atoms with van der Waals surface area (Å²) in [7, 11) is 1.58. The highest BCUT2D eigenvalue weighted by molar-refractivity contribution is 6.49. The molecule has 0 spiro atoms. The Morgan fingerprint density at radius 2 is 2.12 bits per heavy atom. The van der Waals surface area contributed by atoms with Crippen LogP contribution in [0.5, 0.6) is 5.88 Å². The molecule has 2 atom stereocenters. The summed E-state index contributed by atoms with van der Waals surface area (Å²) >= 11 is 0. The Morgan fingerprint density at radius 1 is 1.25 bits per heavy atom. The van der Waals surface area contributed by atoms with Crippen molar-refractivity contribution < 1.29 is 9.84 Å². The van der Waals surface area contributed by atoms with Crippen LogP contribution in [0.3, 0.4) is 0 Å². The fourth-order valence-corrected chi connectivity index (χ4v) is 4.36. The van der Waals surface area contributed by atoms with E-state index >= 15 is 0 Å². The lowest BCUT2D eigenvalue weighted by molar-refractivity contribution is 0.0850. The molecule has 2 aliphatic rings. The molecule has 1 fully saturated rings. The minimum Gasteiger partial charge on any atom is -0.481 e. The van der Waals surface area contributed by atoms with Gasteiger partial charge in [-0.25, -0.2) is 4.98 Å². The van der Waals surface area contributed by atoms with Gasteiger partial charge in [-0.2, -0.15) is 0 Å². The van der Waals surface area contributed by atoms with E-state index < -0.39 is 6.10 Å². The van der Waals surface area contributed by atoms with Gasteiger partial charge in [0, 0.05) is 37.5 Å². The van der Waals surface area contributed by atoms with Gasteiger partial charge in [0.25, 0.3) is 0 Å². The number of likely N-dealkylation sites (tertiary alicyclic amines) is 1. The van der Waals surface area contributed by atoms with Crippen LogP contribution in [0.25, 0.3) is 11.0 Å². The fraction of sp³-hybridized carbons (Fsp3) is 0.417. The maximum Gasteiger partial charge on any atom is 0.213 e. The lowest BCUT2D eigenvalue weighted by atomic mass is 9.96. The number of aliphatic hydroxyl groups excluding tert-OH is 1. The number of nitrogens with zero attached hydrogens (tertiary/aromatic N) is 3. The van der Waals surface area contributed by atoms with E-state index in [1.165, 1.54) is 0 Å². The predicted octanol–water partition coefficient (Wildman–Crippen LogP) is 2.51. The summed E-state index contributed by atoms with van der Waals surface area (Å²) in [6, 6.07) is 5.48. The predicted molar refractivity (Wildman–Crippen MR) is 126 cm³/mol. The van der Waals surface area contributed by atoms with Crippen molar-refractivity contribution in [2.75, 3.05) is 39.8 Å². The lowest BCUT2D eigenvalue weighted by Crippen LogP contribution is -2.41. The standard InChI is InChI=1S/C24H30N6O2/c1-32-23-7-6-21-24(29-23)18(8-9-28-21)22(31)15-30-10-2-3-17(14-30)13-27-12-16-4-5-19(25)20(26)11-16/h4-9,11,17,22,25-27,31H,2-3,10,12-15H2,1H3. The Hall–Kier alpha value is -2.94. The Labute approximate surface area is 188 Å². The van der Waals surface area contributed by atoms with E-state index in [9.17, 15) is 5.11 Å². The number of aliphatic hydroxyl groups is 1. The van der Waals surface area contributed by atoms with E-state index in [-0.39, 0.29) is 11.4 Å². The van der Waals surface area contributed by atoms with Crippen molar-refractivity contribution in [1.29, 1.82) is 10.8 Å². The monoisotopic (exact) mass is 434 g/mol.